The SMILES string of the molecule is NC1(N)C=C(Cl)C(S(N)(=O)=O)=CC1C(=O)O. The van der Waals surface area contributed by atoms with Gasteiger partial charge in [-0.15, -0.1) is 0 Å². The number of hydrogen-bond donors (Lipinski definition) is 4. The number of primary sulfonamides is 1. The van der Waals surface area contributed by atoms with Crippen LogP contribution in [-0.4, -0.2) is 25.2 Å². The van der Waals surface area contributed by atoms with Crippen molar-refractivity contribution in [3.63, 3.8) is 0 Å². The lowest BCUT2D eigenvalue weighted by Crippen LogP contribution is -2.57. The Kier molecular flexibility index (Phi) is 3.14. The van der Waals surface area contributed by atoms with Crippen molar-refractivity contribution in [1.29, 1.82) is 0 Å². The van der Waals surface area contributed by atoms with E-state index in [1.807, 2.05) is 0 Å². The fourth-order valence-corrected chi connectivity index (χ4v) is 2.50. The molecular weight excluding hydrogens is 258 g/mol. The lowest BCUT2D eigenvalue weighted by atomic mass is 9.90. The van der Waals surface area contributed by atoms with Crippen LogP contribution < -0.4 is 16.6 Å². The second-order valence-electron chi connectivity index (χ2n) is 3.38. The van der Waals surface area contributed by atoms with E-state index in [1.165, 1.54) is 0 Å². The number of sulfonamides is 1. The fourth-order valence-electron chi connectivity index (χ4n) is 1.27. The van der Waals surface area contributed by atoms with E-state index in [2.05, 4.69) is 0 Å². The summed E-state index contributed by atoms with van der Waals surface area (Å²) in [6.07, 6.45) is 1.78. The zero-order chi connectivity index (χ0) is 12.7. The van der Waals surface area contributed by atoms with Crippen LogP contribution in [0.3, 0.4) is 0 Å². The van der Waals surface area contributed by atoms with Gasteiger partial charge in [-0.2, -0.15) is 0 Å². The minimum Gasteiger partial charge on any atom is -0.481 e. The minimum atomic E-state index is -4.11. The highest BCUT2D eigenvalue weighted by atomic mass is 35.5. The van der Waals surface area contributed by atoms with Crippen LogP contribution in [0.1, 0.15) is 0 Å². The maximum atomic E-state index is 11.1. The zero-order valence-corrected chi connectivity index (χ0v) is 9.49. The normalized spacial score (nSPS) is 24.6. The van der Waals surface area contributed by atoms with Gasteiger partial charge in [-0.3, -0.25) is 4.79 Å². The smallest absolute Gasteiger partial charge is 0.314 e. The van der Waals surface area contributed by atoms with Crippen molar-refractivity contribution in [2.75, 3.05) is 0 Å². The van der Waals surface area contributed by atoms with Crippen LogP contribution in [0.5, 0.6) is 0 Å². The van der Waals surface area contributed by atoms with E-state index >= 15 is 0 Å². The van der Waals surface area contributed by atoms with Crippen LogP contribution in [0.25, 0.3) is 0 Å². The Labute approximate surface area is 96.6 Å². The summed E-state index contributed by atoms with van der Waals surface area (Å²) < 4.78 is 22.2. The molecule has 1 rings (SSSR count). The molecule has 0 amide bonds. The maximum Gasteiger partial charge on any atom is 0.314 e. The summed E-state index contributed by atoms with van der Waals surface area (Å²) in [5.74, 6) is -2.78. The molecule has 1 atom stereocenters. The molecule has 1 aliphatic rings. The van der Waals surface area contributed by atoms with E-state index in [9.17, 15) is 13.2 Å². The maximum absolute atomic E-state index is 11.1. The molecule has 0 aromatic carbocycles. The monoisotopic (exact) mass is 267 g/mol. The first kappa shape index (κ1) is 13.1. The van der Waals surface area contributed by atoms with Crippen LogP contribution in [0.15, 0.2) is 22.1 Å². The molecule has 7 N–H and O–H groups in total. The largest absolute Gasteiger partial charge is 0.481 e. The molecule has 1 unspecified atom stereocenters. The molecule has 0 spiro atoms. The Morgan fingerprint density at radius 2 is 2.00 bits per heavy atom. The topological polar surface area (TPSA) is 149 Å². The minimum absolute atomic E-state index is 0.287. The fraction of sp³-hybridized carbons (Fsp3) is 0.286. The molecule has 0 saturated heterocycles. The molecule has 7 nitrogen and oxygen atoms in total. The molecule has 0 fully saturated rings. The molecule has 0 aromatic rings. The number of carboxylic acids is 1. The second kappa shape index (κ2) is 3.82. The quantitative estimate of drug-likeness (QED) is 0.452. The van der Waals surface area contributed by atoms with E-state index < -0.39 is 32.5 Å². The van der Waals surface area contributed by atoms with Crippen molar-refractivity contribution >= 4 is 27.6 Å². The highest BCUT2D eigenvalue weighted by molar-refractivity contribution is 7.93. The molecular formula is C7H10ClN3O4S. The van der Waals surface area contributed by atoms with Gasteiger partial charge in [0, 0.05) is 0 Å². The number of rotatable bonds is 2. The third-order valence-corrected chi connectivity index (χ3v) is 3.44. The van der Waals surface area contributed by atoms with Gasteiger partial charge in [0.25, 0.3) is 0 Å². The Balaban J connectivity index is 3.36. The first-order valence-electron chi connectivity index (χ1n) is 3.99. The van der Waals surface area contributed by atoms with Gasteiger partial charge in [0.1, 0.15) is 11.6 Å². The zero-order valence-electron chi connectivity index (χ0n) is 7.92. The molecule has 1 aliphatic carbocycles. The van der Waals surface area contributed by atoms with Gasteiger partial charge in [0.15, 0.2) is 0 Å². The van der Waals surface area contributed by atoms with Gasteiger partial charge in [-0.05, 0) is 12.2 Å². The van der Waals surface area contributed by atoms with Crippen molar-refractivity contribution in [3.8, 4) is 0 Å². The molecule has 0 aromatic heterocycles. The van der Waals surface area contributed by atoms with Gasteiger partial charge in [-0.25, -0.2) is 13.6 Å². The molecule has 16 heavy (non-hydrogen) atoms. The number of allylic oxidation sites excluding steroid dienone is 1. The third-order valence-electron chi connectivity index (χ3n) is 2.04. The lowest BCUT2D eigenvalue weighted by Gasteiger charge is -2.30. The average molecular weight is 268 g/mol. The van der Waals surface area contributed by atoms with Gasteiger partial charge in [-0.1, -0.05) is 11.6 Å². The Morgan fingerprint density at radius 1 is 1.50 bits per heavy atom. The molecule has 0 radical (unpaired) electrons. The van der Waals surface area contributed by atoms with Crippen LogP contribution >= 0.6 is 11.6 Å². The summed E-state index contributed by atoms with van der Waals surface area (Å²) in [4.78, 5) is 10.3. The van der Waals surface area contributed by atoms with Crippen molar-refractivity contribution in [2.45, 2.75) is 5.66 Å². The lowest BCUT2D eigenvalue weighted by molar-refractivity contribution is -0.141. The number of nitrogens with two attached hydrogens (primary N) is 3. The van der Waals surface area contributed by atoms with Gasteiger partial charge >= 0.3 is 5.97 Å². The molecule has 0 heterocycles. The first-order valence-corrected chi connectivity index (χ1v) is 5.92. The highest BCUT2D eigenvalue weighted by Crippen LogP contribution is 2.31. The Bertz CT molecular complexity index is 494. The third kappa shape index (κ3) is 2.42. The number of carboxylic acid groups (broad SMARTS) is 1. The van der Waals surface area contributed by atoms with Gasteiger partial charge in [0.2, 0.25) is 10.0 Å². The summed E-state index contributed by atoms with van der Waals surface area (Å²) in [5.41, 5.74) is 9.20. The first-order chi connectivity index (χ1) is 7.05. The van der Waals surface area contributed by atoms with E-state index in [-0.39, 0.29) is 5.03 Å². The molecule has 90 valence electrons. The summed E-state index contributed by atoms with van der Waals surface area (Å²) in [5, 5.41) is 13.4. The van der Waals surface area contributed by atoms with Crippen molar-refractivity contribution < 1.29 is 18.3 Å². The highest BCUT2D eigenvalue weighted by Gasteiger charge is 2.39. The summed E-state index contributed by atoms with van der Waals surface area (Å²) in [7, 11) is -4.11. The summed E-state index contributed by atoms with van der Waals surface area (Å²) in [6, 6.07) is 0. The summed E-state index contributed by atoms with van der Waals surface area (Å²) >= 11 is 5.60. The van der Waals surface area contributed by atoms with E-state index in [1.54, 1.807) is 0 Å². The van der Waals surface area contributed by atoms with Crippen LogP contribution in [0, 0.1) is 5.92 Å². The number of hydrogen-bond acceptors (Lipinski definition) is 5. The molecule has 9 heteroatoms. The number of carbonyl (C=O) groups is 1. The van der Waals surface area contributed by atoms with Crippen molar-refractivity contribution in [1.82, 2.24) is 0 Å². The molecule has 0 saturated carbocycles. The summed E-state index contributed by atoms with van der Waals surface area (Å²) in [6.45, 7) is 0. The van der Waals surface area contributed by atoms with E-state index in [0.29, 0.717) is 0 Å². The predicted octanol–water partition coefficient (Wildman–Crippen LogP) is -1.39. The van der Waals surface area contributed by atoms with Gasteiger partial charge in [0.05, 0.1) is 9.94 Å². The van der Waals surface area contributed by atoms with Crippen LogP contribution in [0.2, 0.25) is 0 Å². The molecule has 0 bridgehead atoms. The second-order valence-corrected chi connectivity index (χ2v) is 5.32. The van der Waals surface area contributed by atoms with E-state index in [4.69, 9.17) is 33.3 Å². The van der Waals surface area contributed by atoms with E-state index in [0.717, 1.165) is 12.2 Å². The van der Waals surface area contributed by atoms with Crippen LogP contribution in [0.4, 0.5) is 0 Å². The number of aliphatic carboxylic acids is 1. The number of halogens is 1. The average Bonchev–Trinajstić information content (AvgIpc) is 1.97. The Morgan fingerprint density at radius 3 is 2.38 bits per heavy atom. The molecule has 0 aliphatic heterocycles. The standard InChI is InChI=1S/C7H10ClN3O4S/c8-4-2-7(9,10)3(6(12)13)1-5(4)16(11,14)15/h1-3H,9-10H2,(H,12,13)(H2,11,14,15). The van der Waals surface area contributed by atoms with Crippen LogP contribution in [-0.2, 0) is 14.8 Å². The van der Waals surface area contributed by atoms with Crippen molar-refractivity contribution in [2.24, 2.45) is 22.5 Å². The van der Waals surface area contributed by atoms with Crippen molar-refractivity contribution in [3.05, 3.63) is 22.1 Å². The Hall–Kier alpha value is -0.930. The predicted molar refractivity (Wildman–Crippen MR) is 57.4 cm³/mol. The van der Waals surface area contributed by atoms with Gasteiger partial charge < -0.3 is 16.6 Å².